The smallest absolute Gasteiger partial charge is 0.178 e. The van der Waals surface area contributed by atoms with Crippen molar-refractivity contribution in [1.29, 1.82) is 5.26 Å². The van der Waals surface area contributed by atoms with Crippen LogP contribution >= 0.6 is 0 Å². The van der Waals surface area contributed by atoms with Gasteiger partial charge >= 0.3 is 0 Å². The molecule has 0 radical (unpaired) electrons. The number of nitriles is 1. The maximum absolute atomic E-state index is 14.1. The highest BCUT2D eigenvalue weighted by Crippen LogP contribution is 2.72. The molecule has 0 N–H and O–H groups in total. The van der Waals surface area contributed by atoms with E-state index in [0.29, 0.717) is 23.0 Å². The summed E-state index contributed by atoms with van der Waals surface area (Å²) in [5.41, 5.74) is 0.620. The molecule has 5 aliphatic rings. The number of carbonyl (C=O) groups excluding carboxylic acids is 2. The van der Waals surface area contributed by atoms with Crippen LogP contribution in [0.25, 0.3) is 0 Å². The van der Waals surface area contributed by atoms with Crippen molar-refractivity contribution in [2.45, 2.75) is 93.4 Å². The van der Waals surface area contributed by atoms with Gasteiger partial charge in [-0.1, -0.05) is 60.1 Å². The number of ketones is 2. The van der Waals surface area contributed by atoms with Gasteiger partial charge in [-0.15, -0.1) is 0 Å². The number of fused-ring (bicyclic) bond motifs is 7. The molecule has 0 amide bonds. The van der Waals surface area contributed by atoms with Gasteiger partial charge in [-0.3, -0.25) is 9.59 Å². The number of nitrogens with zero attached hydrogens (tertiary/aromatic N) is 1. The van der Waals surface area contributed by atoms with Gasteiger partial charge in [0.15, 0.2) is 11.6 Å². The van der Waals surface area contributed by atoms with Gasteiger partial charge in [0.2, 0.25) is 0 Å². The van der Waals surface area contributed by atoms with Crippen LogP contribution in [0, 0.1) is 62.1 Å². The molecule has 3 nitrogen and oxygen atoms in total. The van der Waals surface area contributed by atoms with Crippen LogP contribution in [0.1, 0.15) is 93.4 Å². The largest absolute Gasteiger partial charge is 0.295 e. The Hall–Kier alpha value is -1.69. The minimum Gasteiger partial charge on any atom is -0.295 e. The number of Topliss-reactive ketones (excluding diaryl/α,β-unsaturated/α-hetero) is 1. The third kappa shape index (κ3) is 2.79. The molecular formula is C30H41NO2. The van der Waals surface area contributed by atoms with Crippen LogP contribution < -0.4 is 0 Å². The van der Waals surface area contributed by atoms with E-state index in [1.165, 1.54) is 24.8 Å². The standard InChI is InChI=1S/C30H41NO2/c1-26(2)11-8-18-9-12-30(7)24(20(18)16-26)21(32)14-23-28(5)15-19(17-31)25(33)27(3,4)22(28)10-13-29(23,30)6/h14-15,18,20,22,24H,8-13,16H2,1-7H3/t18?,20?,22-,24?,28-,29+,30+/m0/s1. The Morgan fingerprint density at radius 2 is 1.61 bits per heavy atom. The lowest BCUT2D eigenvalue weighted by molar-refractivity contribution is -0.155. The maximum Gasteiger partial charge on any atom is 0.178 e. The van der Waals surface area contributed by atoms with E-state index < -0.39 is 10.8 Å². The van der Waals surface area contributed by atoms with E-state index in [1.807, 2.05) is 26.0 Å². The molecule has 3 unspecified atom stereocenters. The van der Waals surface area contributed by atoms with Crippen LogP contribution in [0.2, 0.25) is 0 Å². The average molecular weight is 448 g/mol. The van der Waals surface area contributed by atoms with Crippen LogP contribution in [-0.2, 0) is 9.59 Å². The number of rotatable bonds is 0. The van der Waals surface area contributed by atoms with Crippen molar-refractivity contribution < 1.29 is 9.59 Å². The van der Waals surface area contributed by atoms with Crippen LogP contribution in [-0.4, -0.2) is 11.6 Å². The SMILES string of the molecule is CC1(C)CCC2CC[C@]3(C)C(C(=O)C=C4[C@@]5(C)C=C(C#N)C(=O)C(C)(C)[C@@H]5CC[C@]43C)C2C1. The topological polar surface area (TPSA) is 57.9 Å². The molecule has 3 heteroatoms. The highest BCUT2D eigenvalue weighted by molar-refractivity contribution is 6.04. The summed E-state index contributed by atoms with van der Waals surface area (Å²) in [6.07, 6.45) is 12.0. The minimum atomic E-state index is -0.595. The summed E-state index contributed by atoms with van der Waals surface area (Å²) >= 11 is 0. The minimum absolute atomic E-state index is 0.0344. The number of allylic oxidation sites excluding steroid dienone is 4. The van der Waals surface area contributed by atoms with Crippen molar-refractivity contribution in [1.82, 2.24) is 0 Å². The quantitative estimate of drug-likeness (QED) is 0.408. The Balaban J connectivity index is 1.68. The van der Waals surface area contributed by atoms with Crippen LogP contribution in [0.5, 0.6) is 0 Å². The molecule has 7 atom stereocenters. The van der Waals surface area contributed by atoms with E-state index in [4.69, 9.17) is 0 Å². The molecular weight excluding hydrogens is 406 g/mol. The molecule has 0 heterocycles. The second kappa shape index (κ2) is 6.71. The van der Waals surface area contributed by atoms with Crippen molar-refractivity contribution in [3.63, 3.8) is 0 Å². The monoisotopic (exact) mass is 447 g/mol. The van der Waals surface area contributed by atoms with Crippen LogP contribution in [0.4, 0.5) is 0 Å². The summed E-state index contributed by atoms with van der Waals surface area (Å²) in [6.45, 7) is 15.8. The molecule has 0 spiro atoms. The Morgan fingerprint density at radius 1 is 0.939 bits per heavy atom. The third-order valence-electron chi connectivity index (χ3n) is 11.7. The first-order valence-corrected chi connectivity index (χ1v) is 13.2. The first-order valence-electron chi connectivity index (χ1n) is 13.2. The Morgan fingerprint density at radius 3 is 2.27 bits per heavy atom. The zero-order valence-corrected chi connectivity index (χ0v) is 21.7. The first kappa shape index (κ1) is 23.1. The lowest BCUT2D eigenvalue weighted by Crippen LogP contribution is -2.63. The van der Waals surface area contributed by atoms with Crippen LogP contribution in [0.15, 0.2) is 23.3 Å². The van der Waals surface area contributed by atoms with Gasteiger partial charge in [0.1, 0.15) is 6.07 Å². The molecule has 178 valence electrons. The fraction of sp³-hybridized carbons (Fsp3) is 0.767. The number of hydrogen-bond acceptors (Lipinski definition) is 3. The van der Waals surface area contributed by atoms with Gasteiger partial charge in [0.05, 0.1) is 5.57 Å². The second-order valence-corrected chi connectivity index (χ2v) is 14.2. The highest BCUT2D eigenvalue weighted by Gasteiger charge is 2.67. The molecule has 5 aliphatic carbocycles. The van der Waals surface area contributed by atoms with E-state index in [-0.39, 0.29) is 34.0 Å². The van der Waals surface area contributed by atoms with Crippen molar-refractivity contribution in [2.75, 3.05) is 0 Å². The van der Waals surface area contributed by atoms with E-state index in [0.717, 1.165) is 25.7 Å². The van der Waals surface area contributed by atoms with Gasteiger partial charge in [0.25, 0.3) is 0 Å². The fourth-order valence-electron chi connectivity index (χ4n) is 9.74. The highest BCUT2D eigenvalue weighted by atomic mass is 16.1. The number of carbonyl (C=O) groups is 2. The summed E-state index contributed by atoms with van der Waals surface area (Å²) in [6, 6.07) is 2.20. The molecule has 33 heavy (non-hydrogen) atoms. The van der Waals surface area contributed by atoms with Gasteiger partial charge < -0.3 is 0 Å². The predicted octanol–water partition coefficient (Wildman–Crippen LogP) is 6.84. The van der Waals surface area contributed by atoms with E-state index >= 15 is 0 Å². The van der Waals surface area contributed by atoms with E-state index in [1.54, 1.807) is 0 Å². The molecule has 0 aromatic carbocycles. The summed E-state index contributed by atoms with van der Waals surface area (Å²) in [5, 5.41) is 9.80. The lowest BCUT2D eigenvalue weighted by Gasteiger charge is -2.67. The molecule has 3 fully saturated rings. The Labute approximate surface area is 200 Å². The Bertz CT molecular complexity index is 1040. The molecule has 0 saturated heterocycles. The molecule has 5 rings (SSSR count). The zero-order chi connectivity index (χ0) is 24.2. The lowest BCUT2D eigenvalue weighted by atomic mass is 9.36. The predicted molar refractivity (Wildman–Crippen MR) is 130 cm³/mol. The second-order valence-electron chi connectivity index (χ2n) is 14.2. The average Bonchev–Trinajstić information content (AvgIpc) is 2.72. The van der Waals surface area contributed by atoms with Crippen molar-refractivity contribution in [2.24, 2.45) is 50.7 Å². The Kier molecular flexibility index (Phi) is 4.69. The molecule has 3 saturated carbocycles. The molecule has 0 aromatic heterocycles. The summed E-state index contributed by atoms with van der Waals surface area (Å²) < 4.78 is 0. The van der Waals surface area contributed by atoms with Crippen molar-refractivity contribution in [3.05, 3.63) is 23.3 Å². The zero-order valence-electron chi connectivity index (χ0n) is 21.7. The van der Waals surface area contributed by atoms with Crippen LogP contribution in [0.3, 0.4) is 0 Å². The van der Waals surface area contributed by atoms with Gasteiger partial charge in [-0.2, -0.15) is 5.26 Å². The van der Waals surface area contributed by atoms with E-state index in [2.05, 4.69) is 40.7 Å². The number of hydrogen-bond donors (Lipinski definition) is 0. The van der Waals surface area contributed by atoms with Gasteiger partial charge in [-0.05, 0) is 85.0 Å². The molecule has 0 aliphatic heterocycles. The summed E-state index contributed by atoms with van der Waals surface area (Å²) in [4.78, 5) is 27.2. The normalized spacial score (nSPS) is 47.7. The van der Waals surface area contributed by atoms with Gasteiger partial charge in [0, 0.05) is 16.7 Å². The first-order chi connectivity index (χ1) is 15.2. The third-order valence-corrected chi connectivity index (χ3v) is 11.7. The van der Waals surface area contributed by atoms with Crippen molar-refractivity contribution in [3.8, 4) is 6.07 Å². The molecule has 0 bridgehead atoms. The summed E-state index contributed by atoms with van der Waals surface area (Å²) in [7, 11) is 0. The van der Waals surface area contributed by atoms with Gasteiger partial charge in [-0.25, -0.2) is 0 Å². The molecule has 0 aromatic rings. The van der Waals surface area contributed by atoms with E-state index in [9.17, 15) is 14.9 Å². The summed E-state index contributed by atoms with van der Waals surface area (Å²) in [5.74, 6) is 1.67. The maximum atomic E-state index is 14.1. The fourth-order valence-corrected chi connectivity index (χ4v) is 9.74. The van der Waals surface area contributed by atoms with Crippen molar-refractivity contribution >= 4 is 11.6 Å².